The highest BCUT2D eigenvalue weighted by molar-refractivity contribution is 9.08. The van der Waals surface area contributed by atoms with Crippen LogP contribution in [0.5, 0.6) is 0 Å². The summed E-state index contributed by atoms with van der Waals surface area (Å²) >= 11 is 9.08. The van der Waals surface area contributed by atoms with Gasteiger partial charge in [-0.05, 0) is 61.8 Å². The molecule has 12 aromatic rings. The number of benzene rings is 4. The topological polar surface area (TPSA) is 493 Å². The molecule has 6 aliphatic rings. The summed E-state index contributed by atoms with van der Waals surface area (Å²) in [4.78, 5) is 116. The Morgan fingerprint density at radius 2 is 0.885 bits per heavy atom. The number of nitrogens with zero attached hydrogens (tertiary/aromatic N) is 20. The Labute approximate surface area is 771 Å². The fourth-order valence-electron chi connectivity index (χ4n) is 15.4. The third-order valence-corrected chi connectivity index (χ3v) is 28.0. The lowest BCUT2D eigenvalue weighted by molar-refractivity contribution is -0.385. The number of para-hydroxylation sites is 2. The van der Waals surface area contributed by atoms with Crippen LogP contribution < -0.4 is 9.80 Å². The van der Waals surface area contributed by atoms with Gasteiger partial charge in [-0.15, -0.1) is 0 Å². The van der Waals surface area contributed by atoms with Crippen molar-refractivity contribution < 1.29 is 104 Å². The van der Waals surface area contributed by atoms with Gasteiger partial charge in [0.1, 0.15) is 97.9 Å². The summed E-state index contributed by atoms with van der Waals surface area (Å²) in [5.41, 5.74) is 4.51. The maximum atomic E-state index is 16.7. The van der Waals surface area contributed by atoms with E-state index in [0.717, 1.165) is 0 Å². The number of hydrogen-bond donors (Lipinski definition) is 5. The van der Waals surface area contributed by atoms with Crippen LogP contribution in [0.1, 0.15) is 81.0 Å². The van der Waals surface area contributed by atoms with Crippen molar-refractivity contribution in [2.75, 3.05) is 62.0 Å². The van der Waals surface area contributed by atoms with Gasteiger partial charge >= 0.3 is 0 Å². The summed E-state index contributed by atoms with van der Waals surface area (Å²) in [7, 11) is 0. The first-order valence-electron chi connectivity index (χ1n) is 40.0. The standard InChI is InChI=1S/C40H39F2N10O10PS.C33H34F2N9O8PS.C7H6BrNO2.2H2S/c41-29-33(54)28-16-59-22-63(58,64-17-24-11-6-7-13-26(24)52(56)57)62-34-27(15-53)60-40(30(34)42)50-20-47-31-25(43-18-44-35(31)50)12-5-2-8-14-49(38(55)23-9-3-1-4-10-23)36-32-37(46-19-45-36)51(21-48-32)39(29)61-28;34-22-26(46)21-12-49-17-53(48,54)52-27-20(11-45)50-33(23(27)35)43-15-40-24-19(36-13-37-28(24)43)9-5-2-6-10-42(31(47)18-7-3-1-4-8-18)29-25-30(39-14-38-29)44(16-41-25)32(22)51-21;8-5-6-3-1-2-4-7(6)9(10)11;;/h1-4,6-11,13,18-21,27-30,33-34,39-40,53-54H,5,12,14-17,22H2;1-4,6-8,13-16,20-23,26-27,32-33,45-46H,5,9-12,17H2,(H,48,54);1-4H,5H2;2*1H2/b8-2+;6-2+;;;/t27-,28-,29-,30-,33-,34-,39?,40?,63-;20-,21-,22-,23-,26-,27-,32?,33?,53?;;;/m11.../s1. The SMILES string of the molecule is O=C(c1ccccc1)N1C/C=C/CCc2ncnc3c2ncn3C2O[C@H](CO)[C@@H](OP(O)(=S)COC[C@H]3OC([C@H](F)[C@@H]3O)n3cnc4c1ncnc43)[C@H]2F.O=C(c1ccccc1)N1C/C=C/CCc2ncnc3c2ncn3C2O[C@H](CO)[C@@H](O[P@@](=O)(SCc3ccccc3[N+](=O)[O-])COC[C@H]3OC([C@H](F)[C@@H]3O)n3cnc4c1ncnc43)[C@H]2F.O=[N+]([O-])c1ccccc1CBr.S.S. The maximum Gasteiger partial charge on any atom is 0.283 e. The summed E-state index contributed by atoms with van der Waals surface area (Å²) in [6.45, 7) is -10.4. The van der Waals surface area contributed by atoms with Gasteiger partial charge in [0.15, 0.2) is 94.9 Å². The first kappa shape index (κ1) is 96.9. The van der Waals surface area contributed by atoms with Crippen molar-refractivity contribution in [2.45, 2.75) is 135 Å². The Morgan fingerprint density at radius 1 is 0.504 bits per heavy atom. The van der Waals surface area contributed by atoms with E-state index in [9.17, 15) is 59.7 Å². The van der Waals surface area contributed by atoms with Gasteiger partial charge in [0.25, 0.3) is 29.8 Å². The summed E-state index contributed by atoms with van der Waals surface area (Å²) in [6.07, 6.45) is -7.54. The van der Waals surface area contributed by atoms with Gasteiger partial charge in [-0.2, -0.15) is 27.0 Å². The van der Waals surface area contributed by atoms with E-state index in [0.29, 0.717) is 81.5 Å². The zero-order chi connectivity index (χ0) is 90.4. The monoisotopic (exact) mass is 1990 g/mol. The van der Waals surface area contributed by atoms with Gasteiger partial charge in [-0.1, -0.05) is 124 Å². The van der Waals surface area contributed by atoms with Crippen molar-refractivity contribution in [1.29, 1.82) is 0 Å². The second kappa shape index (κ2) is 42.9. The number of anilines is 2. The molecule has 2 amide bonds. The minimum absolute atomic E-state index is 0. The number of carbonyl (C=O) groups excluding carboxylic acids is 2. The lowest BCUT2D eigenvalue weighted by atomic mass is 10.1. The van der Waals surface area contributed by atoms with Crippen LogP contribution in [-0.2, 0) is 77.8 Å². The largest absolute Gasteiger partial charge is 0.394 e. The molecule has 0 radical (unpaired) electrons. The number of alkyl halides is 5. The minimum atomic E-state index is -4.28. The third-order valence-electron chi connectivity index (χ3n) is 21.7. The van der Waals surface area contributed by atoms with E-state index in [1.807, 2.05) is 12.2 Å². The molecule has 14 heterocycles. The minimum Gasteiger partial charge on any atom is -0.394 e. The third kappa shape index (κ3) is 20.7. The normalized spacial score (nSPS) is 27.6. The molecule has 692 valence electrons. The smallest absolute Gasteiger partial charge is 0.283 e. The fraction of sp³-hybridized carbons (Fsp3) is 0.375. The molecule has 131 heavy (non-hydrogen) atoms. The lowest BCUT2D eigenvalue weighted by Gasteiger charge is -2.25. The number of amides is 2. The molecule has 51 heteroatoms. The number of nitro groups is 2. The van der Waals surface area contributed by atoms with E-state index in [1.54, 1.807) is 97.1 Å². The molecule has 0 saturated carbocycles. The van der Waals surface area contributed by atoms with Gasteiger partial charge in [0.2, 0.25) is 6.49 Å². The number of aliphatic hydroxyl groups is 4. The number of aromatic nitrogens is 16. The second-order valence-corrected chi connectivity index (χ2v) is 38.6. The van der Waals surface area contributed by atoms with Gasteiger partial charge in [0, 0.05) is 58.6 Å². The van der Waals surface area contributed by atoms with Crippen LogP contribution in [0, 0.1) is 20.2 Å². The molecule has 5 N–H and O–H groups in total. The molecule has 4 aromatic carbocycles. The van der Waals surface area contributed by atoms with Crippen molar-refractivity contribution in [2.24, 2.45) is 0 Å². The molecule has 5 unspecified atom stereocenters. The number of aryl methyl sites for hydroxylation is 2. The molecule has 18 rings (SSSR count). The zero-order valence-electron chi connectivity index (χ0n) is 68.4. The van der Waals surface area contributed by atoms with Gasteiger partial charge in [0.05, 0.1) is 73.0 Å². The van der Waals surface area contributed by atoms with Gasteiger partial charge < -0.3 is 62.8 Å². The molecule has 40 nitrogen and oxygen atoms in total. The van der Waals surface area contributed by atoms with Crippen LogP contribution in [0.2, 0.25) is 0 Å². The van der Waals surface area contributed by atoms with Crippen LogP contribution in [0.25, 0.3) is 44.7 Å². The second-order valence-electron chi connectivity index (χ2n) is 29.9. The lowest BCUT2D eigenvalue weighted by Crippen LogP contribution is -2.34. The van der Waals surface area contributed by atoms with Crippen molar-refractivity contribution in [3.8, 4) is 0 Å². The van der Waals surface area contributed by atoms with Crippen LogP contribution in [-0.4, -0.2) is 251 Å². The number of ether oxygens (including phenoxy) is 6. The molecule has 0 aliphatic carbocycles. The number of allylic oxidation sites excluding steroid dienone is 2. The van der Waals surface area contributed by atoms with Crippen LogP contribution in [0.4, 0.5) is 40.6 Å². The maximum absolute atomic E-state index is 16.7. The molecular formula is C80H83BrF4N20O20P2S4. The number of fused-ring (bicyclic) bond motifs is 12. The number of carbonyl (C=O) groups is 2. The first-order chi connectivity index (χ1) is 62.4. The average Bonchev–Trinajstić information content (AvgIpc) is 1.63. The van der Waals surface area contributed by atoms with E-state index < -0.39 is 161 Å². The Hall–Kier alpha value is -10.1. The Morgan fingerprint density at radius 3 is 1.31 bits per heavy atom. The first-order valence-corrected chi connectivity index (χ1v) is 47.4. The Bertz CT molecular complexity index is 6240. The zero-order valence-corrected chi connectivity index (χ0v) is 75.4. The summed E-state index contributed by atoms with van der Waals surface area (Å²) in [6, 6.07) is 29.6. The number of imidazole rings is 4. The quantitative estimate of drug-likeness (QED) is 0.0212. The van der Waals surface area contributed by atoms with E-state index in [4.69, 9.17) is 49.3 Å². The van der Waals surface area contributed by atoms with Crippen molar-refractivity contribution in [3.05, 3.63) is 238 Å². The van der Waals surface area contributed by atoms with E-state index in [2.05, 4.69) is 75.7 Å². The Balaban J connectivity index is 0.000000188. The molecule has 6 aliphatic heterocycles. The molecule has 4 saturated heterocycles. The number of nitro benzene ring substituents is 2. The highest BCUT2D eigenvalue weighted by Crippen LogP contribution is 2.64. The van der Waals surface area contributed by atoms with E-state index >= 15 is 17.6 Å². The number of hydrogen-bond acceptors (Lipinski definition) is 33. The molecular weight excluding hydrogens is 1910 g/mol. The predicted molar refractivity (Wildman–Crippen MR) is 480 cm³/mol. The summed E-state index contributed by atoms with van der Waals surface area (Å²) in [5, 5.41) is 65.0. The van der Waals surface area contributed by atoms with Crippen molar-refractivity contribution in [1.82, 2.24) is 78.1 Å². The number of rotatable bonds is 10. The Kier molecular flexibility index (Phi) is 31.7. The summed E-state index contributed by atoms with van der Waals surface area (Å²) < 4.78 is 131. The molecule has 8 aromatic heterocycles. The fourth-order valence-corrected chi connectivity index (χ4v) is 21.1. The van der Waals surface area contributed by atoms with Gasteiger partial charge in [-0.25, -0.2) is 77.4 Å². The molecule has 18 atom stereocenters. The molecule has 24 bridgehead atoms. The number of halogens is 5. The highest BCUT2D eigenvalue weighted by Gasteiger charge is 2.54. The van der Waals surface area contributed by atoms with E-state index in [1.165, 1.54) is 103 Å². The summed E-state index contributed by atoms with van der Waals surface area (Å²) in [5.74, 6) is -0.715. The van der Waals surface area contributed by atoms with Crippen molar-refractivity contribution in [3.63, 3.8) is 0 Å². The average molecular weight is 1990 g/mol. The van der Waals surface area contributed by atoms with Crippen LogP contribution >= 0.6 is 67.4 Å². The highest BCUT2D eigenvalue weighted by atomic mass is 79.9. The predicted octanol–water partition coefficient (Wildman–Crippen LogP) is 10.0. The number of aliphatic hydroxyl groups excluding tert-OH is 4. The molecule has 0 spiro atoms. The van der Waals surface area contributed by atoms with E-state index in [-0.39, 0.29) is 119 Å². The van der Waals surface area contributed by atoms with Gasteiger partial charge in [-0.3, -0.25) is 62.5 Å². The van der Waals surface area contributed by atoms with Crippen LogP contribution in [0.15, 0.2) is 184 Å². The van der Waals surface area contributed by atoms with Crippen LogP contribution in [0.3, 0.4) is 0 Å². The molecule has 4 fully saturated rings. The van der Waals surface area contributed by atoms with Crippen molar-refractivity contribution >= 4 is 159 Å².